The van der Waals surface area contributed by atoms with E-state index in [0.717, 1.165) is 0 Å². The molecular weight excluding hydrogens is 292 g/mol. The third kappa shape index (κ3) is 2.77. The number of pyridine rings is 1. The van der Waals surface area contributed by atoms with E-state index >= 15 is 0 Å². The maximum absolute atomic E-state index is 11.2. The lowest BCUT2D eigenvalue weighted by Gasteiger charge is -2.10. The lowest BCUT2D eigenvalue weighted by Crippen LogP contribution is -2.11. The average molecular weight is 301 g/mol. The number of halogens is 1. The standard InChI is InChI=1S/C11H9ClN2O4S/c12-8-2-1-5-13-10(8)14-7(6-19(17)18)3-4-9(14)11(15)16/h1-5,19H,6H2,(H,15,16). The molecule has 0 aliphatic heterocycles. The molecule has 0 saturated carbocycles. The molecule has 0 saturated heterocycles. The highest BCUT2D eigenvalue weighted by Gasteiger charge is 2.18. The van der Waals surface area contributed by atoms with Gasteiger partial charge in [-0.05, 0) is 24.3 Å². The topological polar surface area (TPSA) is 89.3 Å². The van der Waals surface area contributed by atoms with Crippen LogP contribution in [0.3, 0.4) is 0 Å². The number of carboxylic acids is 1. The van der Waals surface area contributed by atoms with Crippen molar-refractivity contribution in [3.63, 3.8) is 0 Å². The van der Waals surface area contributed by atoms with Gasteiger partial charge in [0.05, 0.1) is 10.8 Å². The highest BCUT2D eigenvalue weighted by molar-refractivity contribution is 7.71. The number of carbonyl (C=O) groups is 1. The van der Waals surface area contributed by atoms with E-state index in [1.807, 2.05) is 0 Å². The largest absolute Gasteiger partial charge is 0.477 e. The lowest BCUT2D eigenvalue weighted by atomic mass is 10.4. The van der Waals surface area contributed by atoms with Gasteiger partial charge >= 0.3 is 5.97 Å². The van der Waals surface area contributed by atoms with E-state index < -0.39 is 16.7 Å². The molecule has 0 amide bonds. The summed E-state index contributed by atoms with van der Waals surface area (Å²) in [5.74, 6) is -1.28. The molecule has 0 radical (unpaired) electrons. The van der Waals surface area contributed by atoms with Crippen molar-refractivity contribution in [1.82, 2.24) is 9.55 Å². The first-order chi connectivity index (χ1) is 9.00. The number of thiol groups is 1. The van der Waals surface area contributed by atoms with Crippen LogP contribution in [0.4, 0.5) is 0 Å². The fraction of sp³-hybridized carbons (Fsp3) is 0.0909. The monoisotopic (exact) mass is 300 g/mol. The Morgan fingerprint density at radius 1 is 1.37 bits per heavy atom. The maximum atomic E-state index is 11.2. The molecule has 1 N–H and O–H groups in total. The predicted octanol–water partition coefficient (Wildman–Crippen LogP) is 1.34. The molecule has 19 heavy (non-hydrogen) atoms. The molecule has 100 valence electrons. The Labute approximate surface area is 115 Å². The quantitative estimate of drug-likeness (QED) is 0.832. The smallest absolute Gasteiger partial charge is 0.352 e. The molecule has 0 spiro atoms. The molecule has 0 aromatic carbocycles. The molecule has 0 bridgehead atoms. The van der Waals surface area contributed by atoms with Crippen molar-refractivity contribution in [2.75, 3.05) is 0 Å². The van der Waals surface area contributed by atoms with Crippen LogP contribution in [0.5, 0.6) is 0 Å². The van der Waals surface area contributed by atoms with Gasteiger partial charge in [0.2, 0.25) is 0 Å². The predicted molar refractivity (Wildman–Crippen MR) is 69.6 cm³/mol. The summed E-state index contributed by atoms with van der Waals surface area (Å²) in [5.41, 5.74) is 0.210. The summed E-state index contributed by atoms with van der Waals surface area (Å²) in [6, 6.07) is 5.90. The molecule has 0 aliphatic rings. The molecule has 2 aromatic rings. The van der Waals surface area contributed by atoms with Crippen molar-refractivity contribution in [1.29, 1.82) is 0 Å². The van der Waals surface area contributed by atoms with Gasteiger partial charge in [0.15, 0.2) is 5.82 Å². The third-order valence-corrected chi connectivity index (χ3v) is 3.30. The van der Waals surface area contributed by atoms with E-state index in [1.54, 1.807) is 12.1 Å². The Hall–Kier alpha value is -1.86. The molecule has 0 atom stereocenters. The minimum atomic E-state index is -2.68. The zero-order valence-corrected chi connectivity index (χ0v) is 11.1. The summed E-state index contributed by atoms with van der Waals surface area (Å²) in [6.45, 7) is 0. The van der Waals surface area contributed by atoms with Gasteiger partial charge in [-0.25, -0.2) is 18.2 Å². The summed E-state index contributed by atoms with van der Waals surface area (Å²) in [6.07, 6.45) is 1.45. The second-order valence-electron chi connectivity index (χ2n) is 3.65. The van der Waals surface area contributed by atoms with Crippen LogP contribution >= 0.6 is 11.6 Å². The van der Waals surface area contributed by atoms with Gasteiger partial charge in [-0.3, -0.25) is 4.57 Å². The van der Waals surface area contributed by atoms with Crippen molar-refractivity contribution in [3.8, 4) is 5.82 Å². The van der Waals surface area contributed by atoms with Crippen LogP contribution in [0.25, 0.3) is 5.82 Å². The van der Waals surface area contributed by atoms with E-state index in [4.69, 9.17) is 16.7 Å². The molecule has 8 heteroatoms. The number of carboxylic acid groups (broad SMARTS) is 1. The normalized spacial score (nSPS) is 10.8. The van der Waals surface area contributed by atoms with Crippen molar-refractivity contribution in [2.24, 2.45) is 0 Å². The van der Waals surface area contributed by atoms with Crippen LogP contribution in [0.2, 0.25) is 5.02 Å². The van der Waals surface area contributed by atoms with Crippen LogP contribution < -0.4 is 0 Å². The van der Waals surface area contributed by atoms with E-state index in [0.29, 0.717) is 5.69 Å². The van der Waals surface area contributed by atoms with E-state index in [-0.39, 0.29) is 22.3 Å². The number of hydrogen-bond donors (Lipinski definition) is 2. The van der Waals surface area contributed by atoms with Crippen LogP contribution in [0, 0.1) is 0 Å². The zero-order valence-electron chi connectivity index (χ0n) is 9.49. The van der Waals surface area contributed by atoms with Gasteiger partial charge in [0.1, 0.15) is 16.4 Å². The number of aromatic nitrogens is 2. The zero-order chi connectivity index (χ0) is 14.0. The molecule has 0 unspecified atom stereocenters. The van der Waals surface area contributed by atoms with Gasteiger partial charge in [-0.2, -0.15) is 0 Å². The molecule has 0 aliphatic carbocycles. The van der Waals surface area contributed by atoms with Gasteiger partial charge in [-0.15, -0.1) is 0 Å². The van der Waals surface area contributed by atoms with Crippen LogP contribution in [0.15, 0.2) is 30.5 Å². The summed E-state index contributed by atoms with van der Waals surface area (Å²) in [4.78, 5) is 15.2. The highest BCUT2D eigenvalue weighted by Crippen LogP contribution is 2.23. The highest BCUT2D eigenvalue weighted by atomic mass is 35.5. The second-order valence-corrected chi connectivity index (χ2v) is 5.04. The first-order valence-electron chi connectivity index (χ1n) is 5.17. The molecule has 2 aromatic heterocycles. The summed E-state index contributed by atoms with van der Waals surface area (Å²) >= 11 is 5.97. The van der Waals surface area contributed by atoms with E-state index in [9.17, 15) is 13.2 Å². The Morgan fingerprint density at radius 2 is 2.11 bits per heavy atom. The van der Waals surface area contributed by atoms with Crippen LogP contribution in [-0.2, 0) is 16.5 Å². The van der Waals surface area contributed by atoms with E-state index in [1.165, 1.54) is 22.9 Å². The number of hydrogen-bond acceptors (Lipinski definition) is 4. The minimum absolute atomic E-state index is 0.0903. The summed E-state index contributed by atoms with van der Waals surface area (Å²) in [7, 11) is -2.68. The van der Waals surface area contributed by atoms with Crippen molar-refractivity contribution in [3.05, 3.63) is 46.9 Å². The van der Waals surface area contributed by atoms with Crippen molar-refractivity contribution >= 4 is 28.3 Å². The Morgan fingerprint density at radius 3 is 2.68 bits per heavy atom. The van der Waals surface area contributed by atoms with Crippen LogP contribution in [0.1, 0.15) is 16.2 Å². The number of nitrogens with zero attached hydrogens (tertiary/aromatic N) is 2. The van der Waals surface area contributed by atoms with Gasteiger partial charge in [0.25, 0.3) is 0 Å². The molecule has 0 fully saturated rings. The fourth-order valence-electron chi connectivity index (χ4n) is 1.69. The van der Waals surface area contributed by atoms with Crippen molar-refractivity contribution in [2.45, 2.75) is 5.75 Å². The summed E-state index contributed by atoms with van der Waals surface area (Å²) in [5, 5.41) is 9.36. The lowest BCUT2D eigenvalue weighted by molar-refractivity contribution is 0.0688. The third-order valence-electron chi connectivity index (χ3n) is 2.42. The molecular formula is C11H9ClN2O4S. The average Bonchev–Trinajstić information content (AvgIpc) is 2.72. The Balaban J connectivity index is 2.68. The number of rotatable bonds is 4. The second kappa shape index (κ2) is 5.41. The SMILES string of the molecule is O=C(O)c1ccc(C[SH](=O)=O)n1-c1ncccc1Cl. The van der Waals surface area contributed by atoms with Gasteiger partial charge in [-0.1, -0.05) is 11.6 Å². The Kier molecular flexibility index (Phi) is 3.87. The minimum Gasteiger partial charge on any atom is -0.477 e. The molecule has 2 heterocycles. The van der Waals surface area contributed by atoms with E-state index in [2.05, 4.69) is 4.98 Å². The molecule has 2 rings (SSSR count). The first-order valence-corrected chi connectivity index (χ1v) is 6.91. The maximum Gasteiger partial charge on any atom is 0.352 e. The van der Waals surface area contributed by atoms with Crippen molar-refractivity contribution < 1.29 is 18.3 Å². The molecule has 6 nitrogen and oxygen atoms in total. The van der Waals surface area contributed by atoms with Gasteiger partial charge < -0.3 is 5.11 Å². The summed E-state index contributed by atoms with van der Waals surface area (Å²) < 4.78 is 22.9. The number of aromatic carboxylic acids is 1. The Bertz CT molecular complexity index is 700. The van der Waals surface area contributed by atoms with Gasteiger partial charge in [0, 0.05) is 11.9 Å². The van der Waals surface area contributed by atoms with Crippen LogP contribution in [-0.4, -0.2) is 29.0 Å². The fourth-order valence-corrected chi connectivity index (χ4v) is 2.41. The first kappa shape index (κ1) is 13.6.